The third-order valence-corrected chi connectivity index (χ3v) is 5.07. The second-order valence-electron chi connectivity index (χ2n) is 7.17. The molecule has 156 valence electrons. The third kappa shape index (κ3) is 4.64. The van der Waals surface area contributed by atoms with Crippen molar-refractivity contribution in [1.29, 1.82) is 0 Å². The summed E-state index contributed by atoms with van der Waals surface area (Å²) >= 11 is 0. The second kappa shape index (κ2) is 9.26. The molecule has 1 N–H and O–H groups in total. The molecule has 6 heteroatoms. The lowest BCUT2D eigenvalue weighted by atomic mass is 10.1. The van der Waals surface area contributed by atoms with Gasteiger partial charge in [0.2, 0.25) is 0 Å². The molecule has 0 aliphatic heterocycles. The molecule has 1 amide bonds. The number of nitrogens with zero attached hydrogens (tertiary/aromatic N) is 3. The predicted molar refractivity (Wildman–Crippen MR) is 120 cm³/mol. The number of hydrogen-bond acceptors (Lipinski definition) is 4. The summed E-state index contributed by atoms with van der Waals surface area (Å²) < 4.78 is 7.75. The molecule has 0 aliphatic carbocycles. The standard InChI is InChI=1S/C25H24N4O2/c1-18-21(19(2)29(28-18)24-14-8-9-16-26-24)15-17-27-25(30)22-12-6-7-13-23(22)31-20-10-4-3-5-11-20/h3-14,16H,15,17H2,1-2H3,(H,27,30). The summed E-state index contributed by atoms with van der Waals surface area (Å²) in [5.74, 6) is 1.83. The smallest absolute Gasteiger partial charge is 0.255 e. The molecule has 0 saturated carbocycles. The topological polar surface area (TPSA) is 69.0 Å². The molecule has 4 rings (SSSR count). The van der Waals surface area contributed by atoms with Crippen LogP contribution in [0, 0.1) is 13.8 Å². The highest BCUT2D eigenvalue weighted by atomic mass is 16.5. The van der Waals surface area contributed by atoms with Crippen molar-refractivity contribution in [3.8, 4) is 17.3 Å². The van der Waals surface area contributed by atoms with E-state index in [4.69, 9.17) is 4.74 Å². The van der Waals surface area contributed by atoms with Gasteiger partial charge in [0.25, 0.3) is 5.91 Å². The van der Waals surface area contributed by atoms with Crippen LogP contribution < -0.4 is 10.1 Å². The van der Waals surface area contributed by atoms with Gasteiger partial charge in [0.1, 0.15) is 11.5 Å². The first-order chi connectivity index (χ1) is 15.1. The van der Waals surface area contributed by atoms with Crippen molar-refractivity contribution in [2.75, 3.05) is 6.54 Å². The molecular weight excluding hydrogens is 388 g/mol. The molecule has 31 heavy (non-hydrogen) atoms. The van der Waals surface area contributed by atoms with Crippen molar-refractivity contribution < 1.29 is 9.53 Å². The van der Waals surface area contributed by atoms with E-state index in [1.165, 1.54) is 0 Å². The minimum atomic E-state index is -0.168. The average Bonchev–Trinajstić information content (AvgIpc) is 3.09. The molecular formula is C25H24N4O2. The molecule has 0 bridgehead atoms. The van der Waals surface area contributed by atoms with Gasteiger partial charge in [-0.15, -0.1) is 0 Å². The number of aryl methyl sites for hydroxylation is 1. The first kappa shape index (κ1) is 20.3. The SMILES string of the molecule is Cc1nn(-c2ccccn2)c(C)c1CCNC(=O)c1ccccc1Oc1ccccc1. The molecule has 0 spiro atoms. The minimum Gasteiger partial charge on any atom is -0.457 e. The Bertz CT molecular complexity index is 1170. The van der Waals surface area contributed by atoms with Gasteiger partial charge in [0.05, 0.1) is 11.3 Å². The number of hydrogen-bond donors (Lipinski definition) is 1. The molecule has 0 radical (unpaired) electrons. The number of benzene rings is 2. The van der Waals surface area contributed by atoms with E-state index in [9.17, 15) is 4.79 Å². The molecule has 0 unspecified atom stereocenters. The highest BCUT2D eigenvalue weighted by Gasteiger charge is 2.15. The Morgan fingerprint density at radius 1 is 0.968 bits per heavy atom. The molecule has 0 fully saturated rings. The number of rotatable bonds is 7. The van der Waals surface area contributed by atoms with Crippen LogP contribution in [0.5, 0.6) is 11.5 Å². The molecule has 0 atom stereocenters. The Kier molecular flexibility index (Phi) is 6.08. The Hall–Kier alpha value is -3.93. The maximum Gasteiger partial charge on any atom is 0.255 e. The van der Waals surface area contributed by atoms with Crippen molar-refractivity contribution in [2.45, 2.75) is 20.3 Å². The number of carbonyl (C=O) groups is 1. The number of aromatic nitrogens is 3. The van der Waals surface area contributed by atoms with Gasteiger partial charge in [0, 0.05) is 18.4 Å². The van der Waals surface area contributed by atoms with Crippen LogP contribution in [0.15, 0.2) is 79.0 Å². The van der Waals surface area contributed by atoms with Crippen LogP contribution in [0.3, 0.4) is 0 Å². The third-order valence-electron chi connectivity index (χ3n) is 5.07. The average molecular weight is 412 g/mol. The van der Waals surface area contributed by atoms with Crippen molar-refractivity contribution in [1.82, 2.24) is 20.1 Å². The largest absolute Gasteiger partial charge is 0.457 e. The summed E-state index contributed by atoms with van der Waals surface area (Å²) in [5.41, 5.74) is 3.58. The quantitative estimate of drug-likeness (QED) is 0.480. The fourth-order valence-corrected chi connectivity index (χ4v) is 3.49. The van der Waals surface area contributed by atoms with Crippen LogP contribution in [0.25, 0.3) is 5.82 Å². The van der Waals surface area contributed by atoms with Gasteiger partial charge in [-0.2, -0.15) is 5.10 Å². The summed E-state index contributed by atoms with van der Waals surface area (Å²) in [6.07, 6.45) is 2.43. The molecule has 0 aliphatic rings. The second-order valence-corrected chi connectivity index (χ2v) is 7.17. The number of nitrogens with one attached hydrogen (secondary N) is 1. The van der Waals surface area contributed by atoms with Crippen LogP contribution >= 0.6 is 0 Å². The molecule has 0 saturated heterocycles. The number of ether oxygens (including phenoxy) is 1. The Morgan fingerprint density at radius 3 is 2.48 bits per heavy atom. The van der Waals surface area contributed by atoms with E-state index < -0.39 is 0 Å². The zero-order valence-electron chi connectivity index (χ0n) is 17.6. The lowest BCUT2D eigenvalue weighted by Gasteiger charge is -2.11. The fraction of sp³-hybridized carbons (Fsp3) is 0.160. The first-order valence-electron chi connectivity index (χ1n) is 10.2. The summed E-state index contributed by atoms with van der Waals surface area (Å²) in [6.45, 7) is 4.50. The van der Waals surface area contributed by atoms with Gasteiger partial charge in [0.15, 0.2) is 5.82 Å². The van der Waals surface area contributed by atoms with E-state index in [1.807, 2.05) is 79.2 Å². The van der Waals surface area contributed by atoms with E-state index in [-0.39, 0.29) is 5.91 Å². The summed E-state index contributed by atoms with van der Waals surface area (Å²) in [4.78, 5) is 17.2. The van der Waals surface area contributed by atoms with Gasteiger partial charge < -0.3 is 10.1 Å². The number of carbonyl (C=O) groups excluding carboxylic acids is 1. The fourth-order valence-electron chi connectivity index (χ4n) is 3.49. The molecule has 2 heterocycles. The first-order valence-corrected chi connectivity index (χ1v) is 10.2. The molecule has 2 aromatic carbocycles. The van der Waals surface area contributed by atoms with Crippen LogP contribution in [0.4, 0.5) is 0 Å². The lowest BCUT2D eigenvalue weighted by Crippen LogP contribution is -2.26. The Morgan fingerprint density at radius 2 is 1.71 bits per heavy atom. The monoisotopic (exact) mass is 412 g/mol. The summed E-state index contributed by atoms with van der Waals surface area (Å²) in [7, 11) is 0. The molecule has 2 aromatic heterocycles. The zero-order valence-corrected chi connectivity index (χ0v) is 17.6. The van der Waals surface area contributed by atoms with E-state index in [0.717, 1.165) is 22.8 Å². The number of pyridine rings is 1. The number of amides is 1. The Balaban J connectivity index is 1.43. The van der Waals surface area contributed by atoms with Crippen LogP contribution in [-0.2, 0) is 6.42 Å². The van der Waals surface area contributed by atoms with E-state index in [1.54, 1.807) is 18.3 Å². The van der Waals surface area contributed by atoms with Gasteiger partial charge in [-0.05, 0) is 62.2 Å². The highest BCUT2D eigenvalue weighted by molar-refractivity contribution is 5.97. The van der Waals surface area contributed by atoms with Crippen molar-refractivity contribution >= 4 is 5.91 Å². The lowest BCUT2D eigenvalue weighted by molar-refractivity contribution is 0.0952. The van der Waals surface area contributed by atoms with Gasteiger partial charge in [-0.25, -0.2) is 9.67 Å². The van der Waals surface area contributed by atoms with E-state index >= 15 is 0 Å². The van der Waals surface area contributed by atoms with E-state index in [0.29, 0.717) is 30.0 Å². The highest BCUT2D eigenvalue weighted by Crippen LogP contribution is 2.25. The molecule has 4 aromatic rings. The maximum atomic E-state index is 12.8. The zero-order chi connectivity index (χ0) is 21.6. The van der Waals surface area contributed by atoms with Crippen molar-refractivity contribution in [3.05, 3.63) is 102 Å². The van der Waals surface area contributed by atoms with Crippen molar-refractivity contribution in [3.63, 3.8) is 0 Å². The van der Waals surface area contributed by atoms with Crippen LogP contribution in [-0.4, -0.2) is 27.2 Å². The van der Waals surface area contributed by atoms with Crippen LogP contribution in [0.1, 0.15) is 27.3 Å². The predicted octanol–water partition coefficient (Wildman–Crippen LogP) is 4.65. The van der Waals surface area contributed by atoms with E-state index in [2.05, 4.69) is 15.4 Å². The maximum absolute atomic E-state index is 12.8. The van der Waals surface area contributed by atoms with Gasteiger partial charge in [-0.3, -0.25) is 4.79 Å². The minimum absolute atomic E-state index is 0.168. The molecule has 6 nitrogen and oxygen atoms in total. The Labute approximate surface area is 181 Å². The van der Waals surface area contributed by atoms with Gasteiger partial charge in [-0.1, -0.05) is 36.4 Å². The summed E-state index contributed by atoms with van der Waals surface area (Å²) in [6, 6.07) is 22.4. The van der Waals surface area contributed by atoms with Crippen LogP contribution in [0.2, 0.25) is 0 Å². The van der Waals surface area contributed by atoms with Crippen molar-refractivity contribution in [2.24, 2.45) is 0 Å². The normalized spacial score (nSPS) is 10.6. The number of para-hydroxylation sites is 2. The summed E-state index contributed by atoms with van der Waals surface area (Å²) in [5, 5.41) is 7.62. The van der Waals surface area contributed by atoms with Gasteiger partial charge >= 0.3 is 0 Å².